The largest absolute Gasteiger partial charge is 0.385 e. The summed E-state index contributed by atoms with van der Waals surface area (Å²) in [5, 5.41) is 4.00. The van der Waals surface area contributed by atoms with Gasteiger partial charge in [-0.15, -0.1) is 0 Å². The Morgan fingerprint density at radius 2 is 2.26 bits per heavy atom. The number of aryl methyl sites for hydroxylation is 1. The van der Waals surface area contributed by atoms with Crippen LogP contribution in [0.3, 0.4) is 0 Å². The zero-order chi connectivity index (χ0) is 13.7. The van der Waals surface area contributed by atoms with Crippen molar-refractivity contribution < 1.29 is 4.74 Å². The van der Waals surface area contributed by atoms with E-state index in [1.54, 1.807) is 13.3 Å². The number of ether oxygens (including phenoxy) is 1. The molecule has 5 heteroatoms. The maximum Gasteiger partial charge on any atom is 0.207 e. The van der Waals surface area contributed by atoms with Crippen molar-refractivity contribution in [2.75, 3.05) is 25.6 Å². The molecule has 1 aromatic carbocycles. The van der Waals surface area contributed by atoms with Gasteiger partial charge in [-0.05, 0) is 31.0 Å². The maximum absolute atomic E-state index is 6.28. The molecule has 1 heterocycles. The van der Waals surface area contributed by atoms with Crippen LogP contribution in [0.25, 0.3) is 5.69 Å². The number of rotatable bonds is 6. The number of anilines is 1. The van der Waals surface area contributed by atoms with Crippen LogP contribution in [-0.4, -0.2) is 29.8 Å². The van der Waals surface area contributed by atoms with Crippen LogP contribution in [0.5, 0.6) is 0 Å². The Kier molecular flexibility index (Phi) is 4.82. The molecule has 0 fully saturated rings. The smallest absolute Gasteiger partial charge is 0.207 e. The SMILES string of the molecule is COCCCNc1nccn1-c1ccc(C)cc1Cl. The highest BCUT2D eigenvalue weighted by molar-refractivity contribution is 6.32. The third-order valence-electron chi connectivity index (χ3n) is 2.81. The fourth-order valence-corrected chi connectivity index (χ4v) is 2.18. The van der Waals surface area contributed by atoms with Crippen molar-refractivity contribution >= 4 is 17.5 Å². The summed E-state index contributed by atoms with van der Waals surface area (Å²) in [6, 6.07) is 5.99. The molecule has 0 amide bonds. The Morgan fingerprint density at radius 1 is 1.42 bits per heavy atom. The van der Waals surface area contributed by atoms with Crippen LogP contribution in [0, 0.1) is 6.92 Å². The Hall–Kier alpha value is -1.52. The summed E-state index contributed by atoms with van der Waals surface area (Å²) in [5.41, 5.74) is 2.07. The molecule has 0 aliphatic rings. The van der Waals surface area contributed by atoms with E-state index in [0.29, 0.717) is 0 Å². The van der Waals surface area contributed by atoms with E-state index in [9.17, 15) is 0 Å². The molecule has 0 aliphatic heterocycles. The minimum Gasteiger partial charge on any atom is -0.385 e. The van der Waals surface area contributed by atoms with E-state index in [-0.39, 0.29) is 0 Å². The number of methoxy groups -OCH3 is 1. The van der Waals surface area contributed by atoms with Gasteiger partial charge in [-0.25, -0.2) is 4.98 Å². The topological polar surface area (TPSA) is 39.1 Å². The highest BCUT2D eigenvalue weighted by Gasteiger charge is 2.07. The molecule has 0 atom stereocenters. The number of aromatic nitrogens is 2. The van der Waals surface area contributed by atoms with E-state index in [1.807, 2.05) is 35.9 Å². The second-order valence-electron chi connectivity index (χ2n) is 4.35. The quantitative estimate of drug-likeness (QED) is 0.825. The predicted molar refractivity (Wildman–Crippen MR) is 78.3 cm³/mol. The van der Waals surface area contributed by atoms with Crippen LogP contribution in [0.1, 0.15) is 12.0 Å². The maximum atomic E-state index is 6.28. The molecule has 102 valence electrons. The van der Waals surface area contributed by atoms with Crippen molar-refractivity contribution in [2.24, 2.45) is 0 Å². The minimum absolute atomic E-state index is 0.720. The molecule has 0 bridgehead atoms. The monoisotopic (exact) mass is 279 g/mol. The lowest BCUT2D eigenvalue weighted by Gasteiger charge is -2.11. The first-order valence-corrected chi connectivity index (χ1v) is 6.63. The molecule has 0 saturated carbocycles. The summed E-state index contributed by atoms with van der Waals surface area (Å²) in [5.74, 6) is 0.793. The van der Waals surface area contributed by atoms with Gasteiger partial charge in [-0.1, -0.05) is 17.7 Å². The van der Waals surface area contributed by atoms with Crippen molar-refractivity contribution in [3.8, 4) is 5.69 Å². The van der Waals surface area contributed by atoms with E-state index in [2.05, 4.69) is 10.3 Å². The van der Waals surface area contributed by atoms with Crippen LogP contribution in [0.4, 0.5) is 5.95 Å². The molecule has 0 spiro atoms. The van der Waals surface area contributed by atoms with E-state index >= 15 is 0 Å². The van der Waals surface area contributed by atoms with Gasteiger partial charge in [0.25, 0.3) is 0 Å². The van der Waals surface area contributed by atoms with Crippen LogP contribution in [0.15, 0.2) is 30.6 Å². The number of imidazole rings is 1. The van der Waals surface area contributed by atoms with E-state index < -0.39 is 0 Å². The zero-order valence-corrected chi connectivity index (χ0v) is 11.9. The Balaban J connectivity index is 2.14. The van der Waals surface area contributed by atoms with Crippen LogP contribution >= 0.6 is 11.6 Å². The number of hydrogen-bond acceptors (Lipinski definition) is 3. The zero-order valence-electron chi connectivity index (χ0n) is 11.2. The molecule has 0 radical (unpaired) electrons. The van der Waals surface area contributed by atoms with E-state index in [0.717, 1.165) is 41.8 Å². The first-order chi connectivity index (χ1) is 9.22. The fourth-order valence-electron chi connectivity index (χ4n) is 1.85. The molecule has 1 N–H and O–H groups in total. The minimum atomic E-state index is 0.720. The predicted octanol–water partition coefficient (Wildman–Crippen LogP) is 3.28. The third-order valence-corrected chi connectivity index (χ3v) is 3.11. The first kappa shape index (κ1) is 13.9. The molecular formula is C14H18ClN3O. The molecule has 4 nitrogen and oxygen atoms in total. The molecule has 1 aromatic heterocycles. The lowest BCUT2D eigenvalue weighted by molar-refractivity contribution is 0.197. The van der Waals surface area contributed by atoms with Gasteiger partial charge in [-0.2, -0.15) is 0 Å². The molecule has 2 rings (SSSR count). The molecule has 0 unspecified atom stereocenters. The number of nitrogens with one attached hydrogen (secondary N) is 1. The Bertz CT molecular complexity index is 539. The van der Waals surface area contributed by atoms with Gasteiger partial charge in [0.05, 0.1) is 10.7 Å². The first-order valence-electron chi connectivity index (χ1n) is 6.25. The van der Waals surface area contributed by atoms with Gasteiger partial charge in [0.1, 0.15) is 0 Å². The van der Waals surface area contributed by atoms with Gasteiger partial charge in [0.15, 0.2) is 0 Å². The number of benzene rings is 1. The summed E-state index contributed by atoms with van der Waals surface area (Å²) in [7, 11) is 1.70. The summed E-state index contributed by atoms with van der Waals surface area (Å²) >= 11 is 6.28. The van der Waals surface area contributed by atoms with Crippen LogP contribution in [-0.2, 0) is 4.74 Å². The average Bonchev–Trinajstić information content (AvgIpc) is 2.83. The van der Waals surface area contributed by atoms with Gasteiger partial charge in [0, 0.05) is 32.7 Å². The Labute approximate surface area is 118 Å². The normalized spacial score (nSPS) is 10.7. The van der Waals surface area contributed by atoms with Crippen molar-refractivity contribution in [2.45, 2.75) is 13.3 Å². The lowest BCUT2D eigenvalue weighted by Crippen LogP contribution is -2.09. The molecule has 2 aromatic rings. The van der Waals surface area contributed by atoms with Gasteiger partial charge >= 0.3 is 0 Å². The van der Waals surface area contributed by atoms with Crippen LogP contribution in [0.2, 0.25) is 5.02 Å². The lowest BCUT2D eigenvalue weighted by atomic mass is 10.2. The molecule has 19 heavy (non-hydrogen) atoms. The van der Waals surface area contributed by atoms with Crippen molar-refractivity contribution in [1.29, 1.82) is 0 Å². The number of halogens is 1. The summed E-state index contributed by atoms with van der Waals surface area (Å²) in [6.07, 6.45) is 4.59. The second-order valence-corrected chi connectivity index (χ2v) is 4.76. The van der Waals surface area contributed by atoms with Gasteiger partial charge < -0.3 is 10.1 Å². The third kappa shape index (κ3) is 3.49. The molecule has 0 aliphatic carbocycles. The summed E-state index contributed by atoms with van der Waals surface area (Å²) in [4.78, 5) is 4.31. The Morgan fingerprint density at radius 3 is 3.00 bits per heavy atom. The van der Waals surface area contributed by atoms with Crippen LogP contribution < -0.4 is 5.32 Å². The van der Waals surface area contributed by atoms with Crippen molar-refractivity contribution in [3.63, 3.8) is 0 Å². The number of nitrogens with zero attached hydrogens (tertiary/aromatic N) is 2. The summed E-state index contributed by atoms with van der Waals surface area (Å²) < 4.78 is 6.97. The second kappa shape index (κ2) is 6.59. The van der Waals surface area contributed by atoms with Crippen molar-refractivity contribution in [1.82, 2.24) is 9.55 Å². The molecule has 0 saturated heterocycles. The van der Waals surface area contributed by atoms with Gasteiger partial charge in [0.2, 0.25) is 5.95 Å². The van der Waals surface area contributed by atoms with E-state index in [1.165, 1.54) is 0 Å². The fraction of sp³-hybridized carbons (Fsp3) is 0.357. The number of hydrogen-bond donors (Lipinski definition) is 1. The highest BCUT2D eigenvalue weighted by atomic mass is 35.5. The molecular weight excluding hydrogens is 262 g/mol. The summed E-state index contributed by atoms with van der Waals surface area (Å²) in [6.45, 7) is 3.57. The van der Waals surface area contributed by atoms with Gasteiger partial charge in [-0.3, -0.25) is 4.57 Å². The standard InChI is InChI=1S/C14H18ClN3O/c1-11-4-5-13(12(15)10-11)18-8-7-17-14(18)16-6-3-9-19-2/h4-5,7-8,10H,3,6,9H2,1-2H3,(H,16,17). The van der Waals surface area contributed by atoms with Crippen molar-refractivity contribution in [3.05, 3.63) is 41.2 Å². The van der Waals surface area contributed by atoms with E-state index in [4.69, 9.17) is 16.3 Å². The average molecular weight is 280 g/mol. The highest BCUT2D eigenvalue weighted by Crippen LogP contribution is 2.24.